The summed E-state index contributed by atoms with van der Waals surface area (Å²) in [4.78, 5) is 24.3. The lowest BCUT2D eigenvalue weighted by molar-refractivity contribution is -0.137. The lowest BCUT2D eigenvalue weighted by Gasteiger charge is -2.22. The Labute approximate surface area is 122 Å². The second-order valence-electron chi connectivity index (χ2n) is 4.82. The lowest BCUT2D eigenvalue weighted by atomic mass is 10.2. The molecular formula is C14H17ClN2O3. The van der Waals surface area contributed by atoms with E-state index in [1.165, 1.54) is 0 Å². The van der Waals surface area contributed by atoms with E-state index in [-0.39, 0.29) is 25.0 Å². The Morgan fingerprint density at radius 2 is 2.05 bits per heavy atom. The van der Waals surface area contributed by atoms with Gasteiger partial charge in [-0.15, -0.1) is 0 Å². The Kier molecular flexibility index (Phi) is 4.84. The standard InChI is InChI=1S/C14H17ClN2O3/c15-12-4-2-1-3-10(12)9-16-14(20)17(11-5-6-11)8-7-13(18)19/h1-4,11H,5-9H2,(H,16,20)(H,18,19). The van der Waals surface area contributed by atoms with Gasteiger partial charge in [0, 0.05) is 24.2 Å². The number of halogens is 1. The minimum Gasteiger partial charge on any atom is -0.481 e. The van der Waals surface area contributed by atoms with Crippen LogP contribution >= 0.6 is 11.6 Å². The van der Waals surface area contributed by atoms with Crippen LogP contribution in [0.2, 0.25) is 5.02 Å². The Bertz CT molecular complexity index is 503. The molecule has 0 aliphatic heterocycles. The van der Waals surface area contributed by atoms with Crippen LogP contribution in [0.15, 0.2) is 24.3 Å². The third-order valence-corrected chi connectivity index (χ3v) is 3.57. The zero-order chi connectivity index (χ0) is 14.5. The molecule has 0 radical (unpaired) electrons. The summed E-state index contributed by atoms with van der Waals surface area (Å²) in [5.74, 6) is -0.894. The van der Waals surface area contributed by atoms with E-state index in [1.54, 1.807) is 11.0 Å². The van der Waals surface area contributed by atoms with Gasteiger partial charge in [-0.1, -0.05) is 29.8 Å². The first kappa shape index (κ1) is 14.7. The first-order valence-electron chi connectivity index (χ1n) is 6.57. The lowest BCUT2D eigenvalue weighted by Crippen LogP contribution is -2.42. The summed E-state index contributed by atoms with van der Waals surface area (Å²) in [6.45, 7) is 0.586. The molecule has 2 amide bonds. The van der Waals surface area contributed by atoms with Crippen LogP contribution in [0, 0.1) is 0 Å². The SMILES string of the molecule is O=C(O)CCN(C(=O)NCc1ccccc1Cl)C1CC1. The Balaban J connectivity index is 1.88. The summed E-state index contributed by atoms with van der Waals surface area (Å²) in [6, 6.07) is 7.26. The highest BCUT2D eigenvalue weighted by molar-refractivity contribution is 6.31. The molecule has 0 atom stereocenters. The number of nitrogens with one attached hydrogen (secondary N) is 1. The van der Waals surface area contributed by atoms with Gasteiger partial charge in [0.15, 0.2) is 0 Å². The molecule has 1 aromatic rings. The van der Waals surface area contributed by atoms with Gasteiger partial charge in [0.25, 0.3) is 0 Å². The summed E-state index contributed by atoms with van der Waals surface area (Å²) in [6.07, 6.45) is 1.86. The van der Waals surface area contributed by atoms with Crippen LogP contribution in [0.4, 0.5) is 4.79 Å². The quantitative estimate of drug-likeness (QED) is 0.847. The molecule has 0 bridgehead atoms. The van der Waals surface area contributed by atoms with Gasteiger partial charge < -0.3 is 15.3 Å². The summed E-state index contributed by atoms with van der Waals surface area (Å²) in [5, 5.41) is 12.1. The van der Waals surface area contributed by atoms with Gasteiger partial charge in [0.05, 0.1) is 6.42 Å². The smallest absolute Gasteiger partial charge is 0.317 e. The number of aliphatic carboxylic acids is 1. The van der Waals surface area contributed by atoms with Gasteiger partial charge in [-0.3, -0.25) is 4.79 Å². The highest BCUT2D eigenvalue weighted by Crippen LogP contribution is 2.27. The van der Waals surface area contributed by atoms with Gasteiger partial charge in [-0.2, -0.15) is 0 Å². The van der Waals surface area contributed by atoms with Gasteiger partial charge >= 0.3 is 12.0 Å². The molecule has 0 spiro atoms. The predicted octanol–water partition coefficient (Wildman–Crippen LogP) is 2.49. The van der Waals surface area contributed by atoms with Crippen LogP contribution in [-0.4, -0.2) is 34.6 Å². The predicted molar refractivity (Wildman–Crippen MR) is 75.7 cm³/mol. The molecule has 0 unspecified atom stereocenters. The van der Waals surface area contributed by atoms with Gasteiger partial charge in [-0.25, -0.2) is 4.79 Å². The number of rotatable bonds is 6. The highest BCUT2D eigenvalue weighted by Gasteiger charge is 2.32. The van der Waals surface area contributed by atoms with Crippen molar-refractivity contribution >= 4 is 23.6 Å². The second kappa shape index (κ2) is 6.61. The molecule has 0 heterocycles. The zero-order valence-corrected chi connectivity index (χ0v) is 11.8. The Morgan fingerprint density at radius 1 is 1.35 bits per heavy atom. The van der Waals surface area contributed by atoms with E-state index in [2.05, 4.69) is 5.32 Å². The van der Waals surface area contributed by atoms with Crippen molar-refractivity contribution in [3.8, 4) is 0 Å². The van der Waals surface area contributed by atoms with Crippen molar-refractivity contribution in [1.82, 2.24) is 10.2 Å². The molecule has 0 saturated heterocycles. The number of nitrogens with zero attached hydrogens (tertiary/aromatic N) is 1. The molecule has 0 aromatic heterocycles. The Morgan fingerprint density at radius 3 is 2.65 bits per heavy atom. The number of urea groups is 1. The monoisotopic (exact) mass is 296 g/mol. The maximum absolute atomic E-state index is 12.1. The van der Waals surface area contributed by atoms with Crippen LogP contribution in [-0.2, 0) is 11.3 Å². The van der Waals surface area contributed by atoms with Crippen molar-refractivity contribution in [1.29, 1.82) is 0 Å². The van der Waals surface area contributed by atoms with Crippen LogP contribution in [0.5, 0.6) is 0 Å². The number of carbonyl (C=O) groups is 2. The highest BCUT2D eigenvalue weighted by atomic mass is 35.5. The maximum atomic E-state index is 12.1. The van der Waals surface area contributed by atoms with Crippen LogP contribution in [0.3, 0.4) is 0 Å². The number of carboxylic acids is 1. The molecule has 1 aromatic carbocycles. The zero-order valence-electron chi connectivity index (χ0n) is 11.0. The minimum atomic E-state index is -0.894. The van der Waals surface area contributed by atoms with Gasteiger partial charge in [0.1, 0.15) is 0 Å². The largest absolute Gasteiger partial charge is 0.481 e. The molecule has 1 aliphatic carbocycles. The van der Waals surface area contributed by atoms with Crippen molar-refractivity contribution < 1.29 is 14.7 Å². The van der Waals surface area contributed by atoms with Crippen molar-refractivity contribution in [2.45, 2.75) is 31.8 Å². The van der Waals surface area contributed by atoms with E-state index in [9.17, 15) is 9.59 Å². The summed E-state index contributed by atoms with van der Waals surface area (Å²) >= 11 is 6.02. The van der Waals surface area contributed by atoms with Gasteiger partial charge in [-0.05, 0) is 24.5 Å². The first-order valence-corrected chi connectivity index (χ1v) is 6.95. The van der Waals surface area contributed by atoms with E-state index >= 15 is 0 Å². The van der Waals surface area contributed by atoms with E-state index in [1.807, 2.05) is 18.2 Å². The number of hydrogen-bond donors (Lipinski definition) is 2. The maximum Gasteiger partial charge on any atom is 0.317 e. The molecule has 2 rings (SSSR count). The fraction of sp³-hybridized carbons (Fsp3) is 0.429. The molecule has 2 N–H and O–H groups in total. The topological polar surface area (TPSA) is 69.6 Å². The molecule has 1 saturated carbocycles. The van der Waals surface area contributed by atoms with E-state index in [0.29, 0.717) is 11.6 Å². The molecule has 6 heteroatoms. The van der Waals surface area contributed by atoms with Crippen molar-refractivity contribution in [2.75, 3.05) is 6.54 Å². The first-order chi connectivity index (χ1) is 9.58. The average Bonchev–Trinajstić information content (AvgIpc) is 3.22. The van der Waals surface area contributed by atoms with E-state index in [0.717, 1.165) is 18.4 Å². The molecule has 1 aliphatic rings. The number of carboxylic acid groups (broad SMARTS) is 1. The third kappa shape index (κ3) is 4.13. The number of carbonyl (C=O) groups excluding carboxylic acids is 1. The molecular weight excluding hydrogens is 280 g/mol. The number of benzene rings is 1. The fourth-order valence-electron chi connectivity index (χ4n) is 1.97. The van der Waals surface area contributed by atoms with Crippen LogP contribution < -0.4 is 5.32 Å². The van der Waals surface area contributed by atoms with Crippen LogP contribution in [0.25, 0.3) is 0 Å². The van der Waals surface area contributed by atoms with Crippen molar-refractivity contribution in [2.24, 2.45) is 0 Å². The molecule has 5 nitrogen and oxygen atoms in total. The van der Waals surface area contributed by atoms with Crippen molar-refractivity contribution in [3.05, 3.63) is 34.9 Å². The third-order valence-electron chi connectivity index (χ3n) is 3.20. The second-order valence-corrected chi connectivity index (χ2v) is 5.23. The summed E-state index contributed by atoms with van der Waals surface area (Å²) in [7, 11) is 0. The molecule has 108 valence electrons. The average molecular weight is 297 g/mol. The van der Waals surface area contributed by atoms with E-state index < -0.39 is 5.97 Å². The summed E-state index contributed by atoms with van der Waals surface area (Å²) < 4.78 is 0. The molecule has 20 heavy (non-hydrogen) atoms. The summed E-state index contributed by atoms with van der Waals surface area (Å²) in [5.41, 5.74) is 0.844. The molecule has 1 fully saturated rings. The van der Waals surface area contributed by atoms with Crippen molar-refractivity contribution in [3.63, 3.8) is 0 Å². The van der Waals surface area contributed by atoms with Crippen LogP contribution in [0.1, 0.15) is 24.8 Å². The van der Waals surface area contributed by atoms with Gasteiger partial charge in [0.2, 0.25) is 0 Å². The normalized spacial score (nSPS) is 13.8. The van der Waals surface area contributed by atoms with E-state index in [4.69, 9.17) is 16.7 Å². The number of amides is 2. The number of hydrogen-bond acceptors (Lipinski definition) is 2. The fourth-order valence-corrected chi connectivity index (χ4v) is 2.17. The Hall–Kier alpha value is -1.75. The minimum absolute atomic E-state index is 0.0317.